The number of aliphatic hydroxyl groups is 7. The molecule has 1 fully saturated rings. The number of carbonyl (C=O) groups is 1. The van der Waals surface area contributed by atoms with Crippen molar-refractivity contribution in [3.05, 3.63) is 12.7 Å². The van der Waals surface area contributed by atoms with E-state index >= 15 is 0 Å². The number of phosphoric ester groups is 1. The van der Waals surface area contributed by atoms with Crippen LogP contribution in [0.25, 0.3) is 11.2 Å². The Kier molecular flexibility index (Phi) is 12.9. The third-order valence-electron chi connectivity index (χ3n) is 5.21. The Morgan fingerprint density at radius 1 is 1.00 bits per heavy atom. The fourth-order valence-electron chi connectivity index (χ4n) is 3.23. The van der Waals surface area contributed by atoms with Gasteiger partial charge >= 0.3 is 23.5 Å². The minimum atomic E-state index is -5.70. The molecule has 3 heterocycles. The van der Waals surface area contributed by atoms with Crippen molar-refractivity contribution in [1.29, 1.82) is 0 Å². The van der Waals surface area contributed by atoms with Crippen LogP contribution < -0.4 is 5.73 Å². The number of fused-ring (bicyclic) bond motifs is 1. The van der Waals surface area contributed by atoms with Crippen molar-refractivity contribution in [2.24, 2.45) is 0 Å². The molecular formula is C16H28N5O19P3. The summed E-state index contributed by atoms with van der Waals surface area (Å²) in [7, 11) is -16.7. The van der Waals surface area contributed by atoms with Gasteiger partial charge in [-0.3, -0.25) is 13.9 Å². The number of rotatable bonds is 13. The van der Waals surface area contributed by atoms with Crippen LogP contribution in [0.3, 0.4) is 0 Å². The van der Waals surface area contributed by atoms with Crippen LogP contribution in [0.1, 0.15) is 6.23 Å². The molecular weight excluding hydrogens is 659 g/mol. The maximum absolute atomic E-state index is 11.8. The van der Waals surface area contributed by atoms with Gasteiger partial charge < -0.3 is 65.8 Å². The Balaban J connectivity index is 0.000000455. The zero-order chi connectivity index (χ0) is 32.9. The van der Waals surface area contributed by atoms with Gasteiger partial charge in [0.1, 0.15) is 55.1 Å². The molecule has 246 valence electrons. The second kappa shape index (κ2) is 14.9. The van der Waals surface area contributed by atoms with Crippen molar-refractivity contribution in [1.82, 2.24) is 19.5 Å². The normalized spacial score (nSPS) is 25.7. The molecule has 2 aromatic rings. The van der Waals surface area contributed by atoms with E-state index in [-0.39, 0.29) is 17.0 Å². The molecule has 0 radical (unpaired) electrons. The molecule has 0 amide bonds. The van der Waals surface area contributed by atoms with E-state index < -0.39 is 91.9 Å². The maximum atomic E-state index is 11.8. The van der Waals surface area contributed by atoms with Crippen LogP contribution in [-0.2, 0) is 36.4 Å². The highest BCUT2D eigenvalue weighted by atomic mass is 31.3. The molecule has 2 aromatic heterocycles. The Labute approximate surface area is 239 Å². The van der Waals surface area contributed by atoms with Gasteiger partial charge in [0.2, 0.25) is 0 Å². The van der Waals surface area contributed by atoms with E-state index in [4.69, 9.17) is 50.7 Å². The average molecular weight is 687 g/mol. The molecule has 0 aromatic carbocycles. The third-order valence-corrected chi connectivity index (χ3v) is 9.01. The third kappa shape index (κ3) is 10.3. The smallest absolute Gasteiger partial charge is 0.394 e. The largest absolute Gasteiger partial charge is 0.490 e. The number of imidazole rings is 1. The number of aliphatic hydroxyl groups excluding tert-OH is 7. The van der Waals surface area contributed by atoms with Crippen molar-refractivity contribution in [3.63, 3.8) is 0 Å². The number of ether oxygens (including phenoxy) is 1. The number of Topliss-reactive ketones (excluding diaryl/α,β-unsaturated/α-hetero) is 1. The highest BCUT2D eigenvalue weighted by Gasteiger charge is 2.47. The van der Waals surface area contributed by atoms with Gasteiger partial charge in [0, 0.05) is 0 Å². The first-order chi connectivity index (χ1) is 19.7. The van der Waals surface area contributed by atoms with E-state index in [2.05, 4.69) is 28.1 Å². The summed E-state index contributed by atoms with van der Waals surface area (Å²) in [6.07, 6.45) is -8.91. The number of aromatic nitrogens is 4. The van der Waals surface area contributed by atoms with Crippen molar-refractivity contribution in [2.75, 3.05) is 25.6 Å². The number of nitrogen functional groups attached to an aromatic ring is 1. The highest BCUT2D eigenvalue weighted by Crippen LogP contribution is 2.66. The van der Waals surface area contributed by atoms with Crippen LogP contribution in [0.2, 0.25) is 0 Å². The van der Waals surface area contributed by atoms with Gasteiger partial charge in [0.05, 0.1) is 19.5 Å². The molecule has 24 nitrogen and oxygen atoms in total. The summed E-state index contributed by atoms with van der Waals surface area (Å²) in [5.74, 6) is -0.962. The minimum absolute atomic E-state index is 0.0426. The lowest BCUT2D eigenvalue weighted by Gasteiger charge is -2.19. The molecule has 43 heavy (non-hydrogen) atoms. The number of nitrogens with two attached hydrogens (primary N) is 1. The number of anilines is 1. The minimum Gasteiger partial charge on any atom is -0.394 e. The van der Waals surface area contributed by atoms with E-state index in [0.29, 0.717) is 0 Å². The predicted octanol–water partition coefficient (Wildman–Crippen LogP) is -5.01. The Hall–Kier alpha value is -1.89. The molecule has 3 rings (SSSR count). The van der Waals surface area contributed by atoms with E-state index in [1.54, 1.807) is 0 Å². The van der Waals surface area contributed by atoms with Crippen LogP contribution in [0.5, 0.6) is 0 Å². The molecule has 0 spiro atoms. The summed E-state index contributed by atoms with van der Waals surface area (Å²) in [6, 6.07) is 0. The van der Waals surface area contributed by atoms with Gasteiger partial charge in [0.25, 0.3) is 0 Å². The van der Waals surface area contributed by atoms with Crippen molar-refractivity contribution in [3.8, 4) is 0 Å². The van der Waals surface area contributed by atoms with Crippen LogP contribution >= 0.6 is 23.5 Å². The van der Waals surface area contributed by atoms with Gasteiger partial charge in [0.15, 0.2) is 23.5 Å². The Morgan fingerprint density at radius 3 is 2.19 bits per heavy atom. The van der Waals surface area contributed by atoms with E-state index in [9.17, 15) is 33.6 Å². The lowest BCUT2D eigenvalue weighted by molar-refractivity contribution is -0.142. The van der Waals surface area contributed by atoms with Crippen LogP contribution in [0, 0.1) is 0 Å². The van der Waals surface area contributed by atoms with Gasteiger partial charge in [-0.1, -0.05) is 0 Å². The first kappa shape index (κ1) is 37.3. The number of nitrogens with zero attached hydrogens (tertiary/aromatic N) is 4. The lowest BCUT2D eigenvalue weighted by Crippen LogP contribution is -2.44. The molecule has 9 atom stereocenters. The number of hydrogen-bond donors (Lipinski definition) is 12. The average Bonchev–Trinajstić information content (AvgIpc) is 3.45. The predicted molar refractivity (Wildman–Crippen MR) is 133 cm³/mol. The summed E-state index contributed by atoms with van der Waals surface area (Å²) >= 11 is 0. The topological polar surface area (TPSA) is 397 Å². The van der Waals surface area contributed by atoms with Crippen LogP contribution in [0.4, 0.5) is 5.82 Å². The number of hydrogen-bond acceptors (Lipinski definition) is 19. The molecule has 27 heteroatoms. The molecule has 1 aliphatic rings. The van der Waals surface area contributed by atoms with Gasteiger partial charge in [-0.05, 0) is 0 Å². The summed E-state index contributed by atoms with van der Waals surface area (Å²) in [6.45, 7) is -2.64. The fourth-order valence-corrected chi connectivity index (χ4v) is 6.26. The van der Waals surface area contributed by atoms with Crippen LogP contribution in [0.15, 0.2) is 12.7 Å². The lowest BCUT2D eigenvalue weighted by atomic mass is 10.1. The van der Waals surface area contributed by atoms with Gasteiger partial charge in [-0.15, -0.1) is 0 Å². The molecule has 0 bridgehead atoms. The summed E-state index contributed by atoms with van der Waals surface area (Å²) < 4.78 is 51.9. The second-order valence-corrected chi connectivity index (χ2v) is 12.7. The first-order valence-electron chi connectivity index (χ1n) is 11.2. The molecule has 0 saturated carbocycles. The quantitative estimate of drug-likeness (QED) is 0.0877. The van der Waals surface area contributed by atoms with E-state index in [1.165, 1.54) is 10.9 Å². The standard InChI is InChI=1S/C10H16N5O13P3.C6H12O6/c11-8-5-9(13-2-12-8)15(3-14-5)10-7(17)6(16)4(26-10)1-25-30(21,22)28-31(23,24)27-29(18,19)20;7-1-3(9)5(11)6(12)4(10)2-8/h2-4,6-7,10,16-17H,1H2,(H,21,22)(H,23,24)(H2,11,12,13)(H2,18,19,20);3,5-9,11-12H,1-2H2/t4-,6-,7-,10-;/m1./s1. The SMILES string of the molecule is Nc1ncnc2c1ncn2[C@@H]1O[C@H](COP(=O)(O)OP(=O)(O)OP(=O)(O)O)[C@@H](O)[C@H]1O.O=C(CO)C(O)C(O)C(O)CO. The van der Waals surface area contributed by atoms with Gasteiger partial charge in [-0.2, -0.15) is 8.62 Å². The number of ketones is 1. The zero-order valence-electron chi connectivity index (χ0n) is 21.2. The molecule has 13 N–H and O–H groups in total. The first-order valence-corrected chi connectivity index (χ1v) is 15.8. The van der Waals surface area contributed by atoms with Crippen molar-refractivity contribution >= 4 is 46.2 Å². The Bertz CT molecular complexity index is 1390. The number of carbonyl (C=O) groups excluding carboxylic acids is 1. The highest BCUT2D eigenvalue weighted by molar-refractivity contribution is 7.66. The molecule has 0 aliphatic carbocycles. The van der Waals surface area contributed by atoms with Crippen LogP contribution in [-0.4, -0.2) is 137 Å². The monoisotopic (exact) mass is 687 g/mol. The second-order valence-electron chi connectivity index (χ2n) is 8.33. The van der Waals surface area contributed by atoms with E-state index in [1.807, 2.05) is 0 Å². The number of phosphoric acid groups is 3. The fraction of sp³-hybridized carbons (Fsp3) is 0.625. The van der Waals surface area contributed by atoms with Crippen molar-refractivity contribution in [2.45, 2.75) is 42.9 Å². The zero-order valence-corrected chi connectivity index (χ0v) is 23.9. The molecule has 5 unspecified atom stereocenters. The summed E-state index contributed by atoms with van der Waals surface area (Å²) in [5.41, 5.74) is 6.00. The van der Waals surface area contributed by atoms with E-state index in [0.717, 1.165) is 6.33 Å². The summed E-state index contributed by atoms with van der Waals surface area (Å²) in [5, 5.41) is 63.5. The Morgan fingerprint density at radius 2 is 1.63 bits per heavy atom. The molecule has 1 aliphatic heterocycles. The van der Waals surface area contributed by atoms with Gasteiger partial charge in [-0.25, -0.2) is 28.6 Å². The molecule has 1 saturated heterocycles. The maximum Gasteiger partial charge on any atom is 0.490 e. The summed E-state index contributed by atoms with van der Waals surface area (Å²) in [4.78, 5) is 57.8. The van der Waals surface area contributed by atoms with Crippen molar-refractivity contribution < 1.29 is 91.7 Å².